The van der Waals surface area contributed by atoms with Gasteiger partial charge in [-0.3, -0.25) is 9.20 Å². The predicted molar refractivity (Wildman–Crippen MR) is 91.3 cm³/mol. The molecule has 1 fully saturated rings. The number of imidazole rings is 1. The number of amides is 1. The summed E-state index contributed by atoms with van der Waals surface area (Å²) < 4.78 is 2.91. The molecule has 1 unspecified atom stereocenters. The highest BCUT2D eigenvalue weighted by molar-refractivity contribution is 9.10. The summed E-state index contributed by atoms with van der Waals surface area (Å²) >= 11 is 3.52. The smallest absolute Gasteiger partial charge is 0.273 e. The molecule has 1 amide bonds. The molecule has 3 rings (SSSR count). The first-order chi connectivity index (χ1) is 10.5. The van der Waals surface area contributed by atoms with E-state index in [1.165, 1.54) is 6.42 Å². The number of carbonyl (C=O) groups excluding carboxylic acids is 1. The van der Waals surface area contributed by atoms with Crippen molar-refractivity contribution in [2.75, 3.05) is 6.54 Å². The van der Waals surface area contributed by atoms with E-state index in [0.29, 0.717) is 11.7 Å². The Morgan fingerprint density at radius 1 is 1.41 bits per heavy atom. The standard InChI is InChI=1S/C17H22BrN3O/c1-4-14-7-5-6-8-20(14)17(22)15-12(3)19-16-11(2)9-13(18)10-21(15)16/h9-10,14H,4-8H2,1-3H3. The predicted octanol–water partition coefficient (Wildman–Crippen LogP) is 4.12. The third-order valence-corrected chi connectivity index (χ3v) is 5.04. The van der Waals surface area contributed by atoms with Gasteiger partial charge in [0, 0.05) is 23.3 Å². The maximum absolute atomic E-state index is 13.1. The van der Waals surface area contributed by atoms with Gasteiger partial charge in [-0.2, -0.15) is 0 Å². The van der Waals surface area contributed by atoms with Gasteiger partial charge in [0.15, 0.2) is 0 Å². The Kier molecular flexibility index (Phi) is 4.26. The van der Waals surface area contributed by atoms with Crippen LogP contribution in [0.4, 0.5) is 0 Å². The topological polar surface area (TPSA) is 37.6 Å². The molecule has 1 aliphatic rings. The molecular formula is C17H22BrN3O. The zero-order chi connectivity index (χ0) is 15.9. The van der Waals surface area contributed by atoms with Crippen molar-refractivity contribution >= 4 is 27.5 Å². The van der Waals surface area contributed by atoms with Crippen LogP contribution < -0.4 is 0 Å². The van der Waals surface area contributed by atoms with E-state index in [1.54, 1.807) is 0 Å². The monoisotopic (exact) mass is 363 g/mol. The Hall–Kier alpha value is -1.36. The normalized spacial score (nSPS) is 18.9. The fraction of sp³-hybridized carbons (Fsp3) is 0.529. The van der Waals surface area contributed by atoms with Gasteiger partial charge in [-0.05, 0) is 67.1 Å². The van der Waals surface area contributed by atoms with Crippen LogP contribution in [0.15, 0.2) is 16.7 Å². The van der Waals surface area contributed by atoms with Gasteiger partial charge in [-0.15, -0.1) is 0 Å². The van der Waals surface area contributed by atoms with Crippen LogP contribution >= 0.6 is 15.9 Å². The summed E-state index contributed by atoms with van der Waals surface area (Å²) in [5.41, 5.74) is 3.46. The highest BCUT2D eigenvalue weighted by Gasteiger charge is 2.29. The molecule has 0 saturated carbocycles. The Morgan fingerprint density at radius 3 is 2.91 bits per heavy atom. The number of aryl methyl sites for hydroxylation is 2. The molecule has 0 aliphatic carbocycles. The van der Waals surface area contributed by atoms with E-state index in [-0.39, 0.29) is 5.91 Å². The van der Waals surface area contributed by atoms with Crippen molar-refractivity contribution in [1.82, 2.24) is 14.3 Å². The number of hydrogen-bond donors (Lipinski definition) is 0. The van der Waals surface area contributed by atoms with Crippen molar-refractivity contribution < 1.29 is 4.79 Å². The molecule has 0 aromatic carbocycles. The molecule has 1 atom stereocenters. The van der Waals surface area contributed by atoms with Crippen LogP contribution in [0.1, 0.15) is 54.4 Å². The van der Waals surface area contributed by atoms with Crippen molar-refractivity contribution in [1.29, 1.82) is 0 Å². The highest BCUT2D eigenvalue weighted by Crippen LogP contribution is 2.25. The molecule has 2 aromatic heterocycles. The van der Waals surface area contributed by atoms with Gasteiger partial charge in [0.2, 0.25) is 0 Å². The van der Waals surface area contributed by atoms with Crippen molar-refractivity contribution in [3.63, 3.8) is 0 Å². The molecule has 22 heavy (non-hydrogen) atoms. The zero-order valence-corrected chi connectivity index (χ0v) is 15.0. The average Bonchev–Trinajstić information content (AvgIpc) is 2.83. The Morgan fingerprint density at radius 2 is 2.18 bits per heavy atom. The van der Waals surface area contributed by atoms with E-state index >= 15 is 0 Å². The average molecular weight is 364 g/mol. The second-order valence-electron chi connectivity index (χ2n) is 6.14. The molecule has 118 valence electrons. The number of nitrogens with zero attached hydrogens (tertiary/aromatic N) is 3. The van der Waals surface area contributed by atoms with Gasteiger partial charge in [0.25, 0.3) is 5.91 Å². The third kappa shape index (κ3) is 2.56. The minimum absolute atomic E-state index is 0.119. The fourth-order valence-corrected chi connectivity index (χ4v) is 4.02. The molecule has 5 heteroatoms. The summed E-state index contributed by atoms with van der Waals surface area (Å²) in [4.78, 5) is 19.8. The first-order valence-corrected chi connectivity index (χ1v) is 8.78. The molecule has 1 aliphatic heterocycles. The Balaban J connectivity index is 2.09. The van der Waals surface area contributed by atoms with Crippen LogP contribution in [0.5, 0.6) is 0 Å². The van der Waals surface area contributed by atoms with Crippen LogP contribution in [0.25, 0.3) is 5.65 Å². The maximum Gasteiger partial charge on any atom is 0.273 e. The quantitative estimate of drug-likeness (QED) is 0.804. The summed E-state index contributed by atoms with van der Waals surface area (Å²) in [6, 6.07) is 2.39. The number of halogens is 1. The lowest BCUT2D eigenvalue weighted by Crippen LogP contribution is -2.44. The van der Waals surface area contributed by atoms with Crippen molar-refractivity contribution in [2.45, 2.75) is 52.5 Å². The van der Waals surface area contributed by atoms with E-state index in [9.17, 15) is 4.79 Å². The van der Waals surface area contributed by atoms with Crippen LogP contribution in [-0.2, 0) is 0 Å². The van der Waals surface area contributed by atoms with Gasteiger partial charge in [-0.1, -0.05) is 6.92 Å². The molecule has 0 spiro atoms. The molecule has 0 radical (unpaired) electrons. The molecule has 3 heterocycles. The van der Waals surface area contributed by atoms with Gasteiger partial charge < -0.3 is 4.90 Å². The lowest BCUT2D eigenvalue weighted by molar-refractivity contribution is 0.0600. The molecule has 0 N–H and O–H groups in total. The molecule has 0 bridgehead atoms. The van der Waals surface area contributed by atoms with E-state index in [4.69, 9.17) is 0 Å². The van der Waals surface area contributed by atoms with Gasteiger partial charge >= 0.3 is 0 Å². The van der Waals surface area contributed by atoms with E-state index in [0.717, 1.165) is 47.2 Å². The number of piperidine rings is 1. The summed E-state index contributed by atoms with van der Waals surface area (Å²) in [6.45, 7) is 6.98. The van der Waals surface area contributed by atoms with Crippen LogP contribution in [0, 0.1) is 13.8 Å². The van der Waals surface area contributed by atoms with E-state index in [1.807, 2.05) is 30.5 Å². The minimum atomic E-state index is 0.119. The minimum Gasteiger partial charge on any atom is -0.334 e. The summed E-state index contributed by atoms with van der Waals surface area (Å²) in [6.07, 6.45) is 6.39. The molecule has 4 nitrogen and oxygen atoms in total. The van der Waals surface area contributed by atoms with Crippen LogP contribution in [0.2, 0.25) is 0 Å². The number of fused-ring (bicyclic) bond motifs is 1. The summed E-state index contributed by atoms with van der Waals surface area (Å²) in [7, 11) is 0. The number of likely N-dealkylation sites (tertiary alicyclic amines) is 1. The summed E-state index contributed by atoms with van der Waals surface area (Å²) in [5, 5.41) is 0. The first kappa shape index (κ1) is 15.5. The number of pyridine rings is 1. The number of carbonyl (C=O) groups is 1. The number of aromatic nitrogens is 2. The molecule has 1 saturated heterocycles. The van der Waals surface area contributed by atoms with E-state index in [2.05, 4.69) is 32.7 Å². The summed E-state index contributed by atoms with van der Waals surface area (Å²) in [5.74, 6) is 0.119. The first-order valence-electron chi connectivity index (χ1n) is 7.98. The highest BCUT2D eigenvalue weighted by atomic mass is 79.9. The Bertz CT molecular complexity index is 722. The largest absolute Gasteiger partial charge is 0.334 e. The second kappa shape index (κ2) is 6.03. The lowest BCUT2D eigenvalue weighted by Gasteiger charge is -2.35. The van der Waals surface area contributed by atoms with Gasteiger partial charge in [0.1, 0.15) is 11.3 Å². The van der Waals surface area contributed by atoms with Crippen molar-refractivity contribution in [3.8, 4) is 0 Å². The third-order valence-electron chi connectivity index (χ3n) is 4.61. The van der Waals surface area contributed by atoms with Gasteiger partial charge in [0.05, 0.1) is 5.69 Å². The van der Waals surface area contributed by atoms with Crippen LogP contribution in [-0.4, -0.2) is 32.8 Å². The van der Waals surface area contributed by atoms with Crippen molar-refractivity contribution in [3.05, 3.63) is 33.7 Å². The lowest BCUT2D eigenvalue weighted by atomic mass is 9.99. The molecular weight excluding hydrogens is 342 g/mol. The zero-order valence-electron chi connectivity index (χ0n) is 13.4. The fourth-order valence-electron chi connectivity index (χ4n) is 3.47. The second-order valence-corrected chi connectivity index (χ2v) is 7.05. The van der Waals surface area contributed by atoms with Crippen molar-refractivity contribution in [2.24, 2.45) is 0 Å². The van der Waals surface area contributed by atoms with E-state index < -0.39 is 0 Å². The SMILES string of the molecule is CCC1CCCCN1C(=O)c1c(C)nc2c(C)cc(Br)cn12. The number of hydrogen-bond acceptors (Lipinski definition) is 2. The van der Waals surface area contributed by atoms with Crippen LogP contribution in [0.3, 0.4) is 0 Å². The van der Waals surface area contributed by atoms with Gasteiger partial charge in [-0.25, -0.2) is 4.98 Å². The number of rotatable bonds is 2. The maximum atomic E-state index is 13.1. The Labute approximate surface area is 139 Å². The molecule has 2 aromatic rings.